The third kappa shape index (κ3) is 3.22. The molecule has 0 aromatic heterocycles. The summed E-state index contributed by atoms with van der Waals surface area (Å²) < 4.78 is 0. The molecule has 0 spiro atoms. The lowest BCUT2D eigenvalue weighted by molar-refractivity contribution is 0.448. The summed E-state index contributed by atoms with van der Waals surface area (Å²) in [7, 11) is 2.01. The Kier molecular flexibility index (Phi) is 3.72. The van der Waals surface area contributed by atoms with Crippen molar-refractivity contribution in [2.45, 2.75) is 45.1 Å². The molecule has 0 fully saturated rings. The lowest BCUT2D eigenvalue weighted by atomic mass is 9.91. The van der Waals surface area contributed by atoms with Gasteiger partial charge < -0.3 is 10.6 Å². The smallest absolute Gasteiger partial charge is 0.0343 e. The molecule has 0 saturated heterocycles. The van der Waals surface area contributed by atoms with E-state index >= 15 is 0 Å². The summed E-state index contributed by atoms with van der Waals surface area (Å²) in [6, 6.07) is 6.85. The number of hydrogen-bond acceptors (Lipinski definition) is 2. The number of aryl methyl sites for hydroxylation is 2. The summed E-state index contributed by atoms with van der Waals surface area (Å²) in [6.45, 7) is 5.36. The van der Waals surface area contributed by atoms with E-state index in [9.17, 15) is 0 Å². The maximum atomic E-state index is 3.52. The Balaban J connectivity index is 2.02. The molecule has 1 aliphatic carbocycles. The second kappa shape index (κ2) is 5.09. The molecule has 2 N–H and O–H groups in total. The fourth-order valence-electron chi connectivity index (χ4n) is 2.25. The average molecular weight is 232 g/mol. The fourth-order valence-corrected chi connectivity index (χ4v) is 2.25. The van der Waals surface area contributed by atoms with Gasteiger partial charge in [-0.25, -0.2) is 0 Å². The molecule has 0 radical (unpaired) electrons. The molecular formula is C15H24N2. The molecule has 2 nitrogen and oxygen atoms in total. The van der Waals surface area contributed by atoms with Crippen molar-refractivity contribution in [3.8, 4) is 0 Å². The fraction of sp³-hybridized carbons (Fsp3) is 0.600. The molecule has 2 heteroatoms. The van der Waals surface area contributed by atoms with E-state index in [1.165, 1.54) is 31.4 Å². The van der Waals surface area contributed by atoms with Crippen molar-refractivity contribution in [2.24, 2.45) is 0 Å². The summed E-state index contributed by atoms with van der Waals surface area (Å²) in [6.07, 6.45) is 5.21. The number of likely N-dealkylation sites (N-methyl/N-ethyl adjacent to an activating group) is 1. The van der Waals surface area contributed by atoms with Gasteiger partial charge in [-0.05, 0) is 69.8 Å². The normalized spacial score (nSPS) is 15.5. The summed E-state index contributed by atoms with van der Waals surface area (Å²) in [5, 5.41) is 6.83. The van der Waals surface area contributed by atoms with E-state index in [-0.39, 0.29) is 5.54 Å². The highest BCUT2D eigenvalue weighted by molar-refractivity contribution is 5.49. The zero-order valence-electron chi connectivity index (χ0n) is 11.3. The third-order valence-corrected chi connectivity index (χ3v) is 3.76. The van der Waals surface area contributed by atoms with E-state index in [2.05, 4.69) is 42.7 Å². The van der Waals surface area contributed by atoms with Crippen molar-refractivity contribution < 1.29 is 0 Å². The quantitative estimate of drug-likeness (QED) is 0.834. The number of hydrogen-bond donors (Lipinski definition) is 2. The lowest BCUT2D eigenvalue weighted by Crippen LogP contribution is -2.42. The Morgan fingerprint density at radius 3 is 2.53 bits per heavy atom. The van der Waals surface area contributed by atoms with Gasteiger partial charge in [-0.2, -0.15) is 0 Å². The maximum Gasteiger partial charge on any atom is 0.0343 e. The van der Waals surface area contributed by atoms with E-state index in [0.717, 1.165) is 6.54 Å². The molecular weight excluding hydrogens is 208 g/mol. The number of nitrogens with one attached hydrogen (secondary N) is 2. The van der Waals surface area contributed by atoms with Gasteiger partial charge in [0.15, 0.2) is 0 Å². The number of rotatable bonds is 4. The van der Waals surface area contributed by atoms with Crippen LogP contribution >= 0.6 is 0 Å². The van der Waals surface area contributed by atoms with Gasteiger partial charge in [0.1, 0.15) is 0 Å². The van der Waals surface area contributed by atoms with E-state index in [1.807, 2.05) is 7.05 Å². The summed E-state index contributed by atoms with van der Waals surface area (Å²) in [5.74, 6) is 0. The van der Waals surface area contributed by atoms with Gasteiger partial charge >= 0.3 is 0 Å². The van der Waals surface area contributed by atoms with Crippen LogP contribution in [0.25, 0.3) is 0 Å². The molecule has 0 bridgehead atoms. The van der Waals surface area contributed by atoms with Crippen molar-refractivity contribution in [3.63, 3.8) is 0 Å². The summed E-state index contributed by atoms with van der Waals surface area (Å²) in [4.78, 5) is 0. The standard InChI is InChI=1S/C15H24N2/c1-15(2,16-3)11-17-14-9-8-12-6-4-5-7-13(12)10-14/h8-10,16-17H,4-7,11H2,1-3H3. The molecule has 0 amide bonds. The van der Waals surface area contributed by atoms with Crippen LogP contribution in [0.4, 0.5) is 5.69 Å². The topological polar surface area (TPSA) is 24.1 Å². The first-order valence-electron chi connectivity index (χ1n) is 6.65. The van der Waals surface area contributed by atoms with Crippen LogP contribution in [0.15, 0.2) is 18.2 Å². The minimum Gasteiger partial charge on any atom is -0.383 e. The van der Waals surface area contributed by atoms with Gasteiger partial charge in [-0.3, -0.25) is 0 Å². The average Bonchev–Trinajstić information content (AvgIpc) is 2.36. The van der Waals surface area contributed by atoms with Crippen LogP contribution in [0.3, 0.4) is 0 Å². The van der Waals surface area contributed by atoms with Gasteiger partial charge in [0.25, 0.3) is 0 Å². The Morgan fingerprint density at radius 1 is 1.12 bits per heavy atom. The van der Waals surface area contributed by atoms with Crippen LogP contribution in [0.2, 0.25) is 0 Å². The molecule has 0 heterocycles. The minimum absolute atomic E-state index is 0.135. The van der Waals surface area contributed by atoms with Crippen LogP contribution < -0.4 is 10.6 Å². The number of anilines is 1. The minimum atomic E-state index is 0.135. The molecule has 2 rings (SSSR count). The van der Waals surface area contributed by atoms with Gasteiger partial charge in [-0.15, -0.1) is 0 Å². The summed E-state index contributed by atoms with van der Waals surface area (Å²) >= 11 is 0. The molecule has 1 aliphatic rings. The van der Waals surface area contributed by atoms with Crippen LogP contribution in [-0.2, 0) is 12.8 Å². The van der Waals surface area contributed by atoms with Gasteiger partial charge in [0.05, 0.1) is 0 Å². The largest absolute Gasteiger partial charge is 0.383 e. The first kappa shape index (κ1) is 12.4. The lowest BCUT2D eigenvalue weighted by Gasteiger charge is -2.25. The van der Waals surface area contributed by atoms with Crippen molar-refractivity contribution >= 4 is 5.69 Å². The SMILES string of the molecule is CNC(C)(C)CNc1ccc2c(c1)CCCC2. The van der Waals surface area contributed by atoms with E-state index in [1.54, 1.807) is 11.1 Å². The van der Waals surface area contributed by atoms with Crippen molar-refractivity contribution in [1.29, 1.82) is 0 Å². The van der Waals surface area contributed by atoms with Crippen molar-refractivity contribution in [3.05, 3.63) is 29.3 Å². The van der Waals surface area contributed by atoms with Gasteiger partial charge in [0, 0.05) is 17.8 Å². The predicted molar refractivity (Wildman–Crippen MR) is 74.7 cm³/mol. The molecule has 1 aromatic carbocycles. The predicted octanol–water partition coefficient (Wildman–Crippen LogP) is 2.98. The molecule has 17 heavy (non-hydrogen) atoms. The molecule has 1 aromatic rings. The molecule has 94 valence electrons. The highest BCUT2D eigenvalue weighted by atomic mass is 15.0. The molecule has 0 atom stereocenters. The first-order valence-corrected chi connectivity index (χ1v) is 6.65. The van der Waals surface area contributed by atoms with E-state index < -0.39 is 0 Å². The second-order valence-electron chi connectivity index (χ2n) is 5.68. The van der Waals surface area contributed by atoms with Crippen LogP contribution in [0, 0.1) is 0 Å². The maximum absolute atomic E-state index is 3.52. The van der Waals surface area contributed by atoms with Crippen LogP contribution in [-0.4, -0.2) is 19.1 Å². The highest BCUT2D eigenvalue weighted by Gasteiger charge is 2.14. The molecule has 0 aliphatic heterocycles. The number of fused-ring (bicyclic) bond motifs is 1. The Labute approximate surface area is 105 Å². The monoisotopic (exact) mass is 232 g/mol. The van der Waals surface area contributed by atoms with Crippen LogP contribution in [0.1, 0.15) is 37.8 Å². The van der Waals surface area contributed by atoms with Crippen LogP contribution in [0.5, 0.6) is 0 Å². The third-order valence-electron chi connectivity index (χ3n) is 3.76. The van der Waals surface area contributed by atoms with E-state index in [4.69, 9.17) is 0 Å². The zero-order chi connectivity index (χ0) is 12.3. The molecule has 0 saturated carbocycles. The first-order chi connectivity index (χ1) is 8.11. The Morgan fingerprint density at radius 2 is 1.82 bits per heavy atom. The highest BCUT2D eigenvalue weighted by Crippen LogP contribution is 2.24. The van der Waals surface area contributed by atoms with Gasteiger partial charge in [-0.1, -0.05) is 6.07 Å². The van der Waals surface area contributed by atoms with Gasteiger partial charge in [0.2, 0.25) is 0 Å². The van der Waals surface area contributed by atoms with Crippen molar-refractivity contribution in [2.75, 3.05) is 18.9 Å². The Hall–Kier alpha value is -1.02. The summed E-state index contributed by atoms with van der Waals surface area (Å²) in [5.41, 5.74) is 4.49. The Bertz CT molecular complexity index is 383. The molecule has 0 unspecified atom stereocenters. The number of benzene rings is 1. The second-order valence-corrected chi connectivity index (χ2v) is 5.68. The van der Waals surface area contributed by atoms with E-state index in [0.29, 0.717) is 0 Å². The zero-order valence-corrected chi connectivity index (χ0v) is 11.3. The van der Waals surface area contributed by atoms with Crippen molar-refractivity contribution in [1.82, 2.24) is 5.32 Å².